The number of hydrogen-bond acceptors (Lipinski definition) is 3. The van der Waals surface area contributed by atoms with Gasteiger partial charge >= 0.3 is 0 Å². The van der Waals surface area contributed by atoms with Gasteiger partial charge in [-0.1, -0.05) is 13.3 Å². The van der Waals surface area contributed by atoms with E-state index in [4.69, 9.17) is 0 Å². The molecule has 0 bridgehead atoms. The minimum absolute atomic E-state index is 0.0185. The molecular weight excluding hydrogens is 254 g/mol. The topological polar surface area (TPSA) is 61.4 Å². The van der Waals surface area contributed by atoms with E-state index in [-0.39, 0.29) is 23.8 Å². The van der Waals surface area contributed by atoms with Gasteiger partial charge in [0.1, 0.15) is 0 Å². The summed E-state index contributed by atoms with van der Waals surface area (Å²) in [5, 5.41) is 6.25. The van der Waals surface area contributed by atoms with E-state index in [1.165, 1.54) is 0 Å². The molecule has 2 N–H and O–H groups in total. The maximum atomic E-state index is 12.3. The number of unbranched alkanes of at least 4 members (excludes halogenated alkanes) is 1. The molecule has 0 aliphatic carbocycles. The third kappa shape index (κ3) is 3.95. The third-order valence-electron chi connectivity index (χ3n) is 4.37. The molecule has 20 heavy (non-hydrogen) atoms. The number of likely N-dealkylation sites (tertiary alicyclic amines) is 1. The quantitative estimate of drug-likeness (QED) is 0.736. The van der Waals surface area contributed by atoms with E-state index in [1.807, 2.05) is 4.90 Å². The van der Waals surface area contributed by atoms with Crippen LogP contribution >= 0.6 is 0 Å². The Morgan fingerprint density at radius 2 is 2.00 bits per heavy atom. The van der Waals surface area contributed by atoms with Gasteiger partial charge in [-0.25, -0.2) is 0 Å². The molecule has 0 aromatic carbocycles. The summed E-state index contributed by atoms with van der Waals surface area (Å²) < 4.78 is 0. The van der Waals surface area contributed by atoms with Crippen LogP contribution < -0.4 is 10.6 Å². The maximum Gasteiger partial charge on any atom is 0.239 e. The Bertz CT molecular complexity index is 332. The number of amides is 2. The lowest BCUT2D eigenvalue weighted by Gasteiger charge is -2.33. The van der Waals surface area contributed by atoms with Crippen LogP contribution in [0.1, 0.15) is 45.4 Å². The highest BCUT2D eigenvalue weighted by Crippen LogP contribution is 2.19. The van der Waals surface area contributed by atoms with Crippen LogP contribution in [0.3, 0.4) is 0 Å². The lowest BCUT2D eigenvalue weighted by molar-refractivity contribution is -0.137. The van der Waals surface area contributed by atoms with Crippen LogP contribution in [0, 0.1) is 5.92 Å². The Balaban J connectivity index is 1.71. The van der Waals surface area contributed by atoms with Crippen molar-refractivity contribution in [2.45, 2.75) is 51.5 Å². The van der Waals surface area contributed by atoms with Gasteiger partial charge in [-0.2, -0.15) is 0 Å². The second-order valence-corrected chi connectivity index (χ2v) is 5.89. The van der Waals surface area contributed by atoms with Crippen LogP contribution in [0.4, 0.5) is 0 Å². The molecule has 0 radical (unpaired) electrons. The Kier molecular flexibility index (Phi) is 5.83. The Hall–Kier alpha value is -1.10. The summed E-state index contributed by atoms with van der Waals surface area (Å²) in [6, 6.07) is 0.0185. The fourth-order valence-electron chi connectivity index (χ4n) is 3.01. The highest BCUT2D eigenvalue weighted by Gasteiger charge is 2.31. The molecule has 2 rings (SSSR count). The fraction of sp³-hybridized carbons (Fsp3) is 0.867. The molecule has 0 aromatic rings. The summed E-state index contributed by atoms with van der Waals surface area (Å²) in [5.74, 6) is 0.490. The van der Waals surface area contributed by atoms with E-state index in [9.17, 15) is 9.59 Å². The number of rotatable bonds is 5. The molecule has 114 valence electrons. The fourth-order valence-corrected chi connectivity index (χ4v) is 3.01. The van der Waals surface area contributed by atoms with E-state index in [0.717, 1.165) is 64.7 Å². The second-order valence-electron chi connectivity index (χ2n) is 5.89. The number of piperidine rings is 1. The van der Waals surface area contributed by atoms with Crippen molar-refractivity contribution in [3.8, 4) is 0 Å². The molecule has 2 saturated heterocycles. The van der Waals surface area contributed by atoms with Gasteiger partial charge in [-0.3, -0.25) is 9.59 Å². The first-order chi connectivity index (χ1) is 9.72. The standard InChI is InChI=1S/C15H27N3O2/c1-2-3-8-17-14(19)12-6-10-18(11-7-12)15(20)13-5-4-9-16-13/h12-13,16H,2-11H2,1H3,(H,17,19)/t13-/m0/s1. The number of carbonyl (C=O) groups is 2. The lowest BCUT2D eigenvalue weighted by atomic mass is 9.95. The summed E-state index contributed by atoms with van der Waals surface area (Å²) >= 11 is 0. The predicted octanol–water partition coefficient (Wildman–Crippen LogP) is 0.893. The van der Waals surface area contributed by atoms with Crippen molar-refractivity contribution in [2.24, 2.45) is 5.92 Å². The van der Waals surface area contributed by atoms with E-state index < -0.39 is 0 Å². The number of nitrogens with zero attached hydrogens (tertiary/aromatic N) is 1. The van der Waals surface area contributed by atoms with Crippen LogP contribution in [0.5, 0.6) is 0 Å². The number of hydrogen-bond donors (Lipinski definition) is 2. The molecule has 0 aromatic heterocycles. The van der Waals surface area contributed by atoms with Crippen molar-refractivity contribution in [1.29, 1.82) is 0 Å². The third-order valence-corrected chi connectivity index (χ3v) is 4.37. The van der Waals surface area contributed by atoms with Crippen LogP contribution in [0.25, 0.3) is 0 Å². The molecule has 2 fully saturated rings. The van der Waals surface area contributed by atoms with Gasteiger partial charge in [-0.15, -0.1) is 0 Å². The highest BCUT2D eigenvalue weighted by atomic mass is 16.2. The lowest BCUT2D eigenvalue weighted by Crippen LogP contribution is -2.48. The molecule has 0 unspecified atom stereocenters. The summed E-state index contributed by atoms with van der Waals surface area (Å²) in [5.41, 5.74) is 0. The van der Waals surface area contributed by atoms with Gasteiger partial charge in [0.15, 0.2) is 0 Å². The summed E-state index contributed by atoms with van der Waals surface area (Å²) in [6.45, 7) is 5.30. The van der Waals surface area contributed by atoms with Crippen molar-refractivity contribution in [2.75, 3.05) is 26.2 Å². The van der Waals surface area contributed by atoms with Crippen molar-refractivity contribution < 1.29 is 9.59 Å². The van der Waals surface area contributed by atoms with Gasteiger partial charge in [-0.05, 0) is 38.6 Å². The van der Waals surface area contributed by atoms with Crippen molar-refractivity contribution in [1.82, 2.24) is 15.5 Å². The van der Waals surface area contributed by atoms with Crippen LogP contribution in [0.15, 0.2) is 0 Å². The maximum absolute atomic E-state index is 12.3. The molecule has 0 saturated carbocycles. The highest BCUT2D eigenvalue weighted by molar-refractivity contribution is 5.83. The molecule has 1 atom stereocenters. The monoisotopic (exact) mass is 281 g/mol. The first-order valence-corrected chi connectivity index (χ1v) is 8.02. The summed E-state index contributed by atoms with van der Waals surface area (Å²) in [4.78, 5) is 26.2. The van der Waals surface area contributed by atoms with E-state index >= 15 is 0 Å². The summed E-state index contributed by atoms with van der Waals surface area (Å²) in [7, 11) is 0. The zero-order chi connectivity index (χ0) is 14.4. The van der Waals surface area contributed by atoms with Crippen LogP contribution in [0.2, 0.25) is 0 Å². The van der Waals surface area contributed by atoms with Gasteiger partial charge in [0.2, 0.25) is 11.8 Å². The zero-order valence-corrected chi connectivity index (χ0v) is 12.5. The SMILES string of the molecule is CCCCNC(=O)C1CCN(C(=O)[C@@H]2CCCN2)CC1. The van der Waals surface area contributed by atoms with Crippen molar-refractivity contribution in [3.05, 3.63) is 0 Å². The van der Waals surface area contributed by atoms with Gasteiger partial charge in [0.05, 0.1) is 6.04 Å². The number of nitrogens with one attached hydrogen (secondary N) is 2. The molecule has 2 aliphatic rings. The van der Waals surface area contributed by atoms with E-state index in [1.54, 1.807) is 0 Å². The van der Waals surface area contributed by atoms with E-state index in [0.29, 0.717) is 0 Å². The normalized spacial score (nSPS) is 23.9. The molecule has 0 spiro atoms. The second kappa shape index (κ2) is 7.62. The minimum atomic E-state index is 0.0185. The molecule has 5 heteroatoms. The van der Waals surface area contributed by atoms with E-state index in [2.05, 4.69) is 17.6 Å². The number of carbonyl (C=O) groups excluding carboxylic acids is 2. The van der Waals surface area contributed by atoms with Crippen molar-refractivity contribution >= 4 is 11.8 Å². The first-order valence-electron chi connectivity index (χ1n) is 8.02. The Labute approximate surface area is 121 Å². The van der Waals surface area contributed by atoms with Gasteiger partial charge in [0.25, 0.3) is 0 Å². The smallest absolute Gasteiger partial charge is 0.239 e. The molecule has 2 amide bonds. The van der Waals surface area contributed by atoms with Crippen molar-refractivity contribution in [3.63, 3.8) is 0 Å². The van der Waals surface area contributed by atoms with Gasteiger partial charge < -0.3 is 15.5 Å². The van der Waals surface area contributed by atoms with Gasteiger partial charge in [0, 0.05) is 25.6 Å². The van der Waals surface area contributed by atoms with Crippen LogP contribution in [-0.2, 0) is 9.59 Å². The Morgan fingerprint density at radius 1 is 1.25 bits per heavy atom. The molecular formula is C15H27N3O2. The largest absolute Gasteiger partial charge is 0.356 e. The molecule has 2 heterocycles. The first kappa shape index (κ1) is 15.3. The van der Waals surface area contributed by atoms with Crippen LogP contribution in [-0.4, -0.2) is 48.9 Å². The average molecular weight is 281 g/mol. The minimum Gasteiger partial charge on any atom is -0.356 e. The molecule has 2 aliphatic heterocycles. The predicted molar refractivity (Wildman–Crippen MR) is 78.2 cm³/mol. The summed E-state index contributed by atoms with van der Waals surface area (Å²) in [6.07, 6.45) is 5.79. The average Bonchev–Trinajstić information content (AvgIpc) is 3.01. The zero-order valence-electron chi connectivity index (χ0n) is 12.5. The molecule has 5 nitrogen and oxygen atoms in total. The Morgan fingerprint density at radius 3 is 2.60 bits per heavy atom.